The Morgan fingerprint density at radius 1 is 1.00 bits per heavy atom. The largest absolute Gasteiger partial charge is 0.378 e. The molecule has 1 unspecified atom stereocenters. The number of nitrogens with zero attached hydrogens (tertiary/aromatic N) is 5. The van der Waals surface area contributed by atoms with Gasteiger partial charge in [0.2, 0.25) is 18.2 Å². The molecule has 2 aliphatic rings. The summed E-state index contributed by atoms with van der Waals surface area (Å²) in [6.45, 7) is 2.91. The SMILES string of the molecule is CN(c1ccccc1)C1N=C(N)N=C(N2CCOCC2)N1c1ccccc1. The van der Waals surface area contributed by atoms with Crippen molar-refractivity contribution in [1.29, 1.82) is 0 Å². The smallest absolute Gasteiger partial charge is 0.222 e. The highest BCUT2D eigenvalue weighted by Crippen LogP contribution is 2.27. The van der Waals surface area contributed by atoms with Crippen molar-refractivity contribution in [2.24, 2.45) is 15.7 Å². The molecule has 0 aliphatic carbocycles. The molecular formula is C20H24N6O. The van der Waals surface area contributed by atoms with Crippen molar-refractivity contribution in [2.75, 3.05) is 43.2 Å². The van der Waals surface area contributed by atoms with E-state index >= 15 is 0 Å². The summed E-state index contributed by atoms with van der Waals surface area (Å²) in [5.41, 5.74) is 8.21. The molecule has 2 heterocycles. The van der Waals surface area contributed by atoms with E-state index < -0.39 is 0 Å². The lowest BCUT2D eigenvalue weighted by atomic mass is 10.2. The number of nitrogens with two attached hydrogens (primary N) is 1. The number of guanidine groups is 2. The first-order valence-electron chi connectivity index (χ1n) is 9.11. The Kier molecular flexibility index (Phi) is 4.93. The molecule has 7 heteroatoms. The molecule has 7 nitrogen and oxygen atoms in total. The molecule has 0 amide bonds. The second-order valence-corrected chi connectivity index (χ2v) is 6.50. The van der Waals surface area contributed by atoms with Crippen LogP contribution in [0.3, 0.4) is 0 Å². The predicted molar refractivity (Wildman–Crippen MR) is 109 cm³/mol. The van der Waals surface area contributed by atoms with Crippen LogP contribution in [-0.4, -0.2) is 56.5 Å². The highest BCUT2D eigenvalue weighted by molar-refractivity contribution is 6.06. The Balaban J connectivity index is 1.75. The molecule has 0 bridgehead atoms. The van der Waals surface area contributed by atoms with E-state index in [9.17, 15) is 0 Å². The number of hydrogen-bond acceptors (Lipinski definition) is 7. The Morgan fingerprint density at radius 3 is 2.30 bits per heavy atom. The van der Waals surface area contributed by atoms with E-state index in [1.54, 1.807) is 0 Å². The second-order valence-electron chi connectivity index (χ2n) is 6.50. The van der Waals surface area contributed by atoms with Crippen LogP contribution in [0.4, 0.5) is 11.4 Å². The van der Waals surface area contributed by atoms with Crippen LogP contribution in [-0.2, 0) is 4.74 Å². The minimum absolute atomic E-state index is 0.288. The fraction of sp³-hybridized carbons (Fsp3) is 0.300. The van der Waals surface area contributed by atoms with E-state index in [2.05, 4.69) is 49.0 Å². The Hall–Kier alpha value is -3.06. The molecule has 1 saturated heterocycles. The second kappa shape index (κ2) is 7.67. The summed E-state index contributed by atoms with van der Waals surface area (Å²) in [5, 5.41) is 0. The molecule has 1 fully saturated rings. The van der Waals surface area contributed by atoms with Crippen LogP contribution >= 0.6 is 0 Å². The van der Waals surface area contributed by atoms with Crippen molar-refractivity contribution in [3.63, 3.8) is 0 Å². The highest BCUT2D eigenvalue weighted by Gasteiger charge is 2.34. The number of rotatable bonds is 3. The van der Waals surface area contributed by atoms with Gasteiger partial charge in [-0.15, -0.1) is 0 Å². The molecule has 140 valence electrons. The van der Waals surface area contributed by atoms with E-state index in [1.165, 1.54) is 0 Å². The fourth-order valence-corrected chi connectivity index (χ4v) is 3.34. The van der Waals surface area contributed by atoms with E-state index in [4.69, 9.17) is 10.5 Å². The molecular weight excluding hydrogens is 340 g/mol. The van der Waals surface area contributed by atoms with Gasteiger partial charge in [-0.25, -0.2) is 4.99 Å². The standard InChI is InChI=1S/C20H24N6O/c1-24(16-8-4-2-5-9-16)19-22-18(21)23-20(25-12-14-27-15-13-25)26(19)17-10-6-3-7-11-17/h2-11,19H,12-15H2,1H3,(H2,21,22). The van der Waals surface area contributed by atoms with Gasteiger partial charge in [0.25, 0.3) is 0 Å². The third kappa shape index (κ3) is 3.59. The first kappa shape index (κ1) is 17.4. The molecule has 0 radical (unpaired) electrons. The molecule has 27 heavy (non-hydrogen) atoms. The molecule has 0 saturated carbocycles. The third-order valence-corrected chi connectivity index (χ3v) is 4.75. The first-order chi connectivity index (χ1) is 13.2. The Morgan fingerprint density at radius 2 is 1.63 bits per heavy atom. The summed E-state index contributed by atoms with van der Waals surface area (Å²) in [5.74, 6) is 1.10. The minimum Gasteiger partial charge on any atom is -0.378 e. The van der Waals surface area contributed by atoms with Crippen LogP contribution < -0.4 is 15.5 Å². The van der Waals surface area contributed by atoms with Gasteiger partial charge in [0.05, 0.1) is 13.2 Å². The summed E-state index contributed by atoms with van der Waals surface area (Å²) >= 11 is 0. The number of ether oxygens (including phenoxy) is 1. The van der Waals surface area contributed by atoms with Crippen LogP contribution in [0.5, 0.6) is 0 Å². The first-order valence-corrected chi connectivity index (χ1v) is 9.11. The van der Waals surface area contributed by atoms with Crippen molar-refractivity contribution in [3.05, 3.63) is 60.7 Å². The van der Waals surface area contributed by atoms with Crippen molar-refractivity contribution >= 4 is 23.3 Å². The maximum atomic E-state index is 6.13. The molecule has 2 aromatic carbocycles. The van der Waals surface area contributed by atoms with E-state index in [0.29, 0.717) is 13.2 Å². The molecule has 2 aromatic rings. The van der Waals surface area contributed by atoms with Gasteiger partial charge in [0.15, 0.2) is 0 Å². The van der Waals surface area contributed by atoms with Gasteiger partial charge >= 0.3 is 0 Å². The topological polar surface area (TPSA) is 69.7 Å². The fourth-order valence-electron chi connectivity index (χ4n) is 3.34. The van der Waals surface area contributed by atoms with Gasteiger partial charge in [-0.3, -0.25) is 4.90 Å². The summed E-state index contributed by atoms with van der Waals surface area (Å²) in [4.78, 5) is 15.7. The van der Waals surface area contributed by atoms with Crippen molar-refractivity contribution in [3.8, 4) is 0 Å². The monoisotopic (exact) mass is 364 g/mol. The lowest BCUT2D eigenvalue weighted by Gasteiger charge is -2.43. The van der Waals surface area contributed by atoms with Gasteiger partial charge < -0.3 is 20.3 Å². The molecule has 0 aromatic heterocycles. The van der Waals surface area contributed by atoms with E-state index in [1.807, 2.05) is 43.4 Å². The highest BCUT2D eigenvalue weighted by atomic mass is 16.5. The summed E-state index contributed by atoms with van der Waals surface area (Å²) in [6, 6.07) is 20.4. The summed E-state index contributed by atoms with van der Waals surface area (Å²) in [6.07, 6.45) is -0.329. The molecule has 2 N–H and O–H groups in total. The summed E-state index contributed by atoms with van der Waals surface area (Å²) in [7, 11) is 2.02. The Bertz CT molecular complexity index is 817. The zero-order valence-electron chi connectivity index (χ0n) is 15.4. The number of anilines is 2. The Labute approximate surface area is 159 Å². The third-order valence-electron chi connectivity index (χ3n) is 4.75. The number of para-hydroxylation sites is 2. The van der Waals surface area contributed by atoms with E-state index in [0.717, 1.165) is 30.4 Å². The van der Waals surface area contributed by atoms with Crippen LogP contribution in [0, 0.1) is 0 Å². The lowest BCUT2D eigenvalue weighted by molar-refractivity contribution is 0.0670. The molecule has 0 spiro atoms. The van der Waals surface area contributed by atoms with Crippen LogP contribution in [0.1, 0.15) is 0 Å². The zero-order chi connectivity index (χ0) is 18.6. The number of aliphatic imine (C=N–C) groups is 2. The molecule has 2 aliphatic heterocycles. The van der Waals surface area contributed by atoms with Gasteiger partial charge in [0.1, 0.15) is 0 Å². The maximum absolute atomic E-state index is 6.13. The maximum Gasteiger partial charge on any atom is 0.222 e. The molecule has 4 rings (SSSR count). The average Bonchev–Trinajstić information content (AvgIpc) is 2.74. The summed E-state index contributed by atoms with van der Waals surface area (Å²) < 4.78 is 5.51. The van der Waals surface area contributed by atoms with Gasteiger partial charge in [-0.2, -0.15) is 4.99 Å². The van der Waals surface area contributed by atoms with Crippen molar-refractivity contribution in [1.82, 2.24) is 4.90 Å². The van der Waals surface area contributed by atoms with Gasteiger partial charge in [0, 0.05) is 31.5 Å². The van der Waals surface area contributed by atoms with Crippen LogP contribution in [0.2, 0.25) is 0 Å². The molecule has 1 atom stereocenters. The van der Waals surface area contributed by atoms with Gasteiger partial charge in [-0.05, 0) is 24.3 Å². The lowest BCUT2D eigenvalue weighted by Crippen LogP contribution is -2.59. The quantitative estimate of drug-likeness (QED) is 0.901. The van der Waals surface area contributed by atoms with Crippen molar-refractivity contribution in [2.45, 2.75) is 6.29 Å². The van der Waals surface area contributed by atoms with Gasteiger partial charge in [-0.1, -0.05) is 36.4 Å². The van der Waals surface area contributed by atoms with E-state index in [-0.39, 0.29) is 12.2 Å². The zero-order valence-corrected chi connectivity index (χ0v) is 15.4. The predicted octanol–water partition coefficient (Wildman–Crippen LogP) is 1.93. The average molecular weight is 364 g/mol. The van der Waals surface area contributed by atoms with Crippen LogP contribution in [0.25, 0.3) is 0 Å². The number of benzene rings is 2. The minimum atomic E-state index is -0.329. The number of morpholine rings is 1. The van der Waals surface area contributed by atoms with Crippen molar-refractivity contribution < 1.29 is 4.74 Å². The normalized spacial score (nSPS) is 20.1. The number of hydrogen-bond donors (Lipinski definition) is 1. The van der Waals surface area contributed by atoms with Crippen LogP contribution in [0.15, 0.2) is 70.6 Å².